The molecule has 0 fully saturated rings. The molecule has 1 heterocycles. The lowest BCUT2D eigenvalue weighted by Crippen LogP contribution is -2.04. The van der Waals surface area contributed by atoms with E-state index in [4.69, 9.17) is 4.42 Å². The van der Waals surface area contributed by atoms with Crippen LogP contribution in [0.25, 0.3) is 33.0 Å². The molecule has 124 valence electrons. The molecular formula is C21H13F3O. The second-order valence-corrected chi connectivity index (χ2v) is 5.84. The summed E-state index contributed by atoms with van der Waals surface area (Å²) in [7, 11) is 0. The van der Waals surface area contributed by atoms with Crippen molar-refractivity contribution in [3.05, 3.63) is 84.8 Å². The van der Waals surface area contributed by atoms with Gasteiger partial charge in [-0.15, -0.1) is 0 Å². The molecule has 0 atom stereocenters. The van der Waals surface area contributed by atoms with Crippen molar-refractivity contribution in [1.29, 1.82) is 0 Å². The van der Waals surface area contributed by atoms with Crippen LogP contribution in [0.1, 0.15) is 5.56 Å². The van der Waals surface area contributed by atoms with Crippen LogP contribution in [0.5, 0.6) is 0 Å². The molecule has 4 aromatic rings. The van der Waals surface area contributed by atoms with E-state index >= 15 is 0 Å². The maximum absolute atomic E-state index is 13.0. The molecule has 0 bridgehead atoms. The Hall–Kier alpha value is -3.01. The maximum Gasteiger partial charge on any atom is 0.416 e. The summed E-state index contributed by atoms with van der Waals surface area (Å²) in [5.74, 6) is 0. The van der Waals surface area contributed by atoms with E-state index in [1.54, 1.807) is 12.3 Å². The van der Waals surface area contributed by atoms with Crippen LogP contribution in [0.3, 0.4) is 0 Å². The van der Waals surface area contributed by atoms with Gasteiger partial charge in [-0.2, -0.15) is 13.2 Å². The zero-order valence-corrected chi connectivity index (χ0v) is 13.0. The Balaban J connectivity index is 1.83. The van der Waals surface area contributed by atoms with Crippen molar-refractivity contribution in [3.63, 3.8) is 0 Å². The third-order valence-electron chi connectivity index (χ3n) is 4.22. The van der Waals surface area contributed by atoms with Gasteiger partial charge in [0.1, 0.15) is 0 Å². The van der Waals surface area contributed by atoms with Crippen LogP contribution < -0.4 is 0 Å². The van der Waals surface area contributed by atoms with Gasteiger partial charge in [-0.1, -0.05) is 48.5 Å². The van der Waals surface area contributed by atoms with E-state index in [0.717, 1.165) is 34.0 Å². The highest BCUT2D eigenvalue weighted by atomic mass is 19.4. The van der Waals surface area contributed by atoms with Crippen molar-refractivity contribution in [3.8, 4) is 22.3 Å². The summed E-state index contributed by atoms with van der Waals surface area (Å²) in [4.78, 5) is 0. The van der Waals surface area contributed by atoms with Gasteiger partial charge < -0.3 is 4.42 Å². The maximum atomic E-state index is 13.0. The van der Waals surface area contributed by atoms with Gasteiger partial charge in [0.05, 0.1) is 18.1 Å². The molecule has 25 heavy (non-hydrogen) atoms. The molecule has 0 unspecified atom stereocenters. The predicted molar refractivity (Wildman–Crippen MR) is 92.1 cm³/mol. The van der Waals surface area contributed by atoms with Crippen LogP contribution in [-0.4, -0.2) is 0 Å². The average molecular weight is 338 g/mol. The fraction of sp³-hybridized carbons (Fsp3) is 0.0476. The Morgan fingerprint density at radius 2 is 1.32 bits per heavy atom. The smallest absolute Gasteiger partial charge is 0.416 e. The van der Waals surface area contributed by atoms with Gasteiger partial charge in [0.25, 0.3) is 0 Å². The van der Waals surface area contributed by atoms with Crippen molar-refractivity contribution < 1.29 is 17.6 Å². The normalized spacial score (nSPS) is 11.8. The van der Waals surface area contributed by atoms with E-state index in [-0.39, 0.29) is 0 Å². The number of fused-ring (bicyclic) bond motifs is 1. The molecule has 0 saturated heterocycles. The molecular weight excluding hydrogens is 325 g/mol. The van der Waals surface area contributed by atoms with Gasteiger partial charge in [0.15, 0.2) is 0 Å². The molecule has 4 rings (SSSR count). The lowest BCUT2D eigenvalue weighted by Gasteiger charge is -2.09. The van der Waals surface area contributed by atoms with Gasteiger partial charge in [-0.3, -0.25) is 0 Å². The molecule has 0 amide bonds. The van der Waals surface area contributed by atoms with Gasteiger partial charge in [0, 0.05) is 11.1 Å². The Morgan fingerprint density at radius 3 is 2.04 bits per heavy atom. The summed E-state index contributed by atoms with van der Waals surface area (Å²) in [6.07, 6.45) is -1.32. The number of halogens is 3. The van der Waals surface area contributed by atoms with Crippen LogP contribution in [0, 0.1) is 0 Å². The summed E-state index contributed by atoms with van der Waals surface area (Å²) in [5.41, 5.74) is 2.12. The Kier molecular flexibility index (Phi) is 3.61. The zero-order valence-electron chi connectivity index (χ0n) is 13.0. The summed E-state index contributed by atoms with van der Waals surface area (Å²) < 4.78 is 44.3. The summed E-state index contributed by atoms with van der Waals surface area (Å²) in [6.45, 7) is 0. The zero-order chi connectivity index (χ0) is 17.4. The minimum Gasteiger partial charge on any atom is -0.471 e. The lowest BCUT2D eigenvalue weighted by molar-refractivity contribution is -0.137. The average Bonchev–Trinajstić information content (AvgIpc) is 3.10. The lowest BCUT2D eigenvalue weighted by atomic mass is 9.96. The third kappa shape index (κ3) is 2.91. The van der Waals surface area contributed by atoms with E-state index in [1.807, 2.05) is 42.5 Å². The first-order chi connectivity index (χ1) is 12.0. The largest absolute Gasteiger partial charge is 0.471 e. The number of benzene rings is 3. The van der Waals surface area contributed by atoms with Crippen LogP contribution in [-0.2, 0) is 6.18 Å². The van der Waals surface area contributed by atoms with Crippen LogP contribution >= 0.6 is 0 Å². The molecule has 3 aromatic carbocycles. The second-order valence-electron chi connectivity index (χ2n) is 5.84. The first-order valence-corrected chi connectivity index (χ1v) is 7.75. The summed E-state index contributed by atoms with van der Waals surface area (Å²) >= 11 is 0. The summed E-state index contributed by atoms with van der Waals surface area (Å²) in [6, 6.07) is 19.2. The molecule has 0 spiro atoms. The Labute approximate surface area is 142 Å². The Morgan fingerprint density at radius 1 is 0.640 bits per heavy atom. The minimum absolute atomic E-state index is 0.478. The number of alkyl halides is 3. The number of furan rings is 1. The van der Waals surface area contributed by atoms with E-state index < -0.39 is 11.7 Å². The topological polar surface area (TPSA) is 13.1 Å². The van der Waals surface area contributed by atoms with Crippen LogP contribution in [0.15, 0.2) is 83.7 Å². The monoisotopic (exact) mass is 338 g/mol. The fourth-order valence-corrected chi connectivity index (χ4v) is 2.96. The highest BCUT2D eigenvalue weighted by molar-refractivity contribution is 5.90. The second kappa shape index (κ2) is 5.81. The summed E-state index contributed by atoms with van der Waals surface area (Å²) in [5, 5.41) is 2.17. The minimum atomic E-state index is -4.37. The van der Waals surface area contributed by atoms with Gasteiger partial charge in [-0.05, 0) is 40.1 Å². The van der Waals surface area contributed by atoms with Crippen molar-refractivity contribution in [2.45, 2.75) is 6.18 Å². The highest BCUT2D eigenvalue weighted by Crippen LogP contribution is 2.37. The van der Waals surface area contributed by atoms with Crippen molar-refractivity contribution in [1.82, 2.24) is 0 Å². The van der Waals surface area contributed by atoms with Gasteiger partial charge in [-0.25, -0.2) is 0 Å². The van der Waals surface area contributed by atoms with E-state index in [1.165, 1.54) is 12.3 Å². The predicted octanol–water partition coefficient (Wildman–Crippen LogP) is 6.79. The molecule has 0 radical (unpaired) electrons. The number of hydrogen-bond acceptors (Lipinski definition) is 1. The van der Waals surface area contributed by atoms with Gasteiger partial charge >= 0.3 is 6.18 Å². The standard InChI is InChI=1S/C21H13F3O/c22-21(23,24)18-7-3-6-16(11-18)19-12-25-13-20(19)17-9-8-14-4-1-2-5-15(14)10-17/h1-13H. The SMILES string of the molecule is FC(F)(F)c1cccc(-c2cocc2-c2ccc3ccccc3c2)c1. The highest BCUT2D eigenvalue weighted by Gasteiger charge is 2.30. The van der Waals surface area contributed by atoms with Gasteiger partial charge in [0.2, 0.25) is 0 Å². The van der Waals surface area contributed by atoms with Crippen molar-refractivity contribution in [2.75, 3.05) is 0 Å². The molecule has 4 heteroatoms. The van der Waals surface area contributed by atoms with Crippen LogP contribution in [0.2, 0.25) is 0 Å². The van der Waals surface area contributed by atoms with E-state index in [2.05, 4.69) is 0 Å². The molecule has 0 aliphatic rings. The first-order valence-electron chi connectivity index (χ1n) is 7.75. The molecule has 0 aliphatic heterocycles. The van der Waals surface area contributed by atoms with Crippen molar-refractivity contribution in [2.24, 2.45) is 0 Å². The number of hydrogen-bond donors (Lipinski definition) is 0. The number of rotatable bonds is 2. The molecule has 0 N–H and O–H groups in total. The fourth-order valence-electron chi connectivity index (χ4n) is 2.96. The van der Waals surface area contributed by atoms with Crippen LogP contribution in [0.4, 0.5) is 13.2 Å². The molecule has 1 nitrogen and oxygen atoms in total. The van der Waals surface area contributed by atoms with E-state index in [9.17, 15) is 13.2 Å². The molecule has 0 saturated carbocycles. The first kappa shape index (κ1) is 15.5. The van der Waals surface area contributed by atoms with Crippen molar-refractivity contribution >= 4 is 10.8 Å². The van der Waals surface area contributed by atoms with E-state index in [0.29, 0.717) is 11.1 Å². The Bertz CT molecular complexity index is 1040. The third-order valence-corrected chi connectivity index (χ3v) is 4.22. The quantitative estimate of drug-likeness (QED) is 0.392. The molecule has 0 aliphatic carbocycles. The molecule has 1 aromatic heterocycles.